The van der Waals surface area contributed by atoms with Crippen LogP contribution in [0, 0.1) is 0 Å². The molecule has 0 spiro atoms. The van der Waals surface area contributed by atoms with Gasteiger partial charge in [0.1, 0.15) is 0 Å². The molecule has 2 atom stereocenters. The molecule has 0 bridgehead atoms. The van der Waals surface area contributed by atoms with Gasteiger partial charge in [0.15, 0.2) is 0 Å². The maximum atomic E-state index is 5.10. The van der Waals surface area contributed by atoms with Crippen LogP contribution in [0.4, 0.5) is 0 Å². The van der Waals surface area contributed by atoms with Crippen LogP contribution in [-0.4, -0.2) is 9.55 Å². The number of rotatable bonds is 10. The van der Waals surface area contributed by atoms with Crippen molar-refractivity contribution >= 4 is 21.8 Å². The predicted octanol–water partition coefficient (Wildman–Crippen LogP) is 13.6. The van der Waals surface area contributed by atoms with E-state index in [9.17, 15) is 0 Å². The first kappa shape index (κ1) is 32.5. The Morgan fingerprint density at radius 3 is 1.78 bits per heavy atom. The van der Waals surface area contributed by atoms with Gasteiger partial charge in [-0.2, -0.15) is 0 Å². The Morgan fingerprint density at radius 2 is 1.12 bits per heavy atom. The number of fused-ring (bicyclic) bond motifs is 3. The lowest BCUT2D eigenvalue weighted by Crippen LogP contribution is -2.04. The SMILES string of the molecule is CCC(CC(C)c1cccc(-c2cc(-c3ccccc3)nc(-c3ccccc3)c2)c1)c1ccc(-c2cccc3c2c2ccccc2n3CC)cc1. The van der Waals surface area contributed by atoms with Gasteiger partial charge in [0.2, 0.25) is 0 Å². The molecule has 0 fully saturated rings. The zero-order valence-electron chi connectivity index (χ0n) is 29.8. The van der Waals surface area contributed by atoms with Crippen LogP contribution in [0.25, 0.3) is 66.6 Å². The maximum Gasteiger partial charge on any atom is 0.0715 e. The van der Waals surface area contributed by atoms with Crippen LogP contribution in [0.1, 0.15) is 56.6 Å². The molecule has 0 aliphatic rings. The highest BCUT2D eigenvalue weighted by Gasteiger charge is 2.18. The third kappa shape index (κ3) is 6.39. The van der Waals surface area contributed by atoms with Crippen molar-refractivity contribution in [1.82, 2.24) is 9.55 Å². The standard InChI is InChI=1S/C49H44N2/c1-4-35(36-26-28-37(29-27-36)43-23-15-25-48-49(43)44-22-12-13-24-47(44)51(48)5-2)30-34(3)40-20-14-21-41(31-40)42-32-45(38-16-8-6-9-17-38)50-46(33-42)39-18-10-7-11-19-39/h6-29,31-35H,4-5,30H2,1-3H3. The van der Waals surface area contributed by atoms with E-state index < -0.39 is 0 Å². The highest BCUT2D eigenvalue weighted by molar-refractivity contribution is 6.14. The summed E-state index contributed by atoms with van der Waals surface area (Å²) in [5.41, 5.74) is 14.7. The quantitative estimate of drug-likeness (QED) is 0.143. The molecular formula is C49H44N2. The van der Waals surface area contributed by atoms with E-state index in [4.69, 9.17) is 4.98 Å². The minimum absolute atomic E-state index is 0.410. The van der Waals surface area contributed by atoms with Gasteiger partial charge >= 0.3 is 0 Å². The summed E-state index contributed by atoms with van der Waals surface area (Å²) in [6.45, 7) is 7.91. The Kier molecular flexibility index (Phi) is 9.07. The van der Waals surface area contributed by atoms with Crippen molar-refractivity contribution in [2.24, 2.45) is 0 Å². The zero-order chi connectivity index (χ0) is 34.7. The molecule has 0 aliphatic heterocycles. The molecule has 2 aromatic heterocycles. The van der Waals surface area contributed by atoms with Gasteiger partial charge in [-0.1, -0.05) is 153 Å². The van der Waals surface area contributed by atoms with Gasteiger partial charge in [-0.25, -0.2) is 4.98 Å². The summed E-state index contributed by atoms with van der Waals surface area (Å²) in [7, 11) is 0. The Hall–Kier alpha value is -5.73. The van der Waals surface area contributed by atoms with Crippen molar-refractivity contribution in [2.45, 2.75) is 52.0 Å². The summed E-state index contributed by atoms with van der Waals surface area (Å²) in [5, 5.41) is 2.68. The van der Waals surface area contributed by atoms with E-state index in [2.05, 4.69) is 189 Å². The Morgan fingerprint density at radius 1 is 0.510 bits per heavy atom. The number of benzene rings is 6. The first-order valence-electron chi connectivity index (χ1n) is 18.4. The molecule has 8 aromatic rings. The van der Waals surface area contributed by atoms with Crippen LogP contribution in [0.15, 0.2) is 164 Å². The molecule has 0 saturated carbocycles. The zero-order valence-corrected chi connectivity index (χ0v) is 29.8. The van der Waals surface area contributed by atoms with Gasteiger partial charge in [0, 0.05) is 39.5 Å². The van der Waals surface area contributed by atoms with Crippen molar-refractivity contribution in [3.63, 3.8) is 0 Å². The first-order valence-corrected chi connectivity index (χ1v) is 18.4. The predicted molar refractivity (Wildman–Crippen MR) is 217 cm³/mol. The number of aryl methyl sites for hydroxylation is 1. The van der Waals surface area contributed by atoms with Crippen LogP contribution in [-0.2, 0) is 6.54 Å². The average molecular weight is 661 g/mol. The van der Waals surface area contributed by atoms with E-state index in [1.165, 1.54) is 55.2 Å². The van der Waals surface area contributed by atoms with Crippen molar-refractivity contribution in [3.05, 3.63) is 175 Å². The summed E-state index contributed by atoms with van der Waals surface area (Å²) in [6, 6.07) is 59.6. The van der Waals surface area contributed by atoms with Crippen LogP contribution in [0.3, 0.4) is 0 Å². The molecule has 51 heavy (non-hydrogen) atoms. The van der Waals surface area contributed by atoms with Crippen LogP contribution in [0.2, 0.25) is 0 Å². The second-order valence-corrected chi connectivity index (χ2v) is 13.8. The van der Waals surface area contributed by atoms with E-state index in [0.717, 1.165) is 41.9 Å². The highest BCUT2D eigenvalue weighted by Crippen LogP contribution is 2.39. The summed E-state index contributed by atoms with van der Waals surface area (Å²) < 4.78 is 2.44. The van der Waals surface area contributed by atoms with Crippen LogP contribution >= 0.6 is 0 Å². The smallest absolute Gasteiger partial charge is 0.0715 e. The Balaban J connectivity index is 1.07. The fourth-order valence-corrected chi connectivity index (χ4v) is 7.95. The lowest BCUT2D eigenvalue weighted by Gasteiger charge is -2.22. The van der Waals surface area contributed by atoms with Crippen molar-refractivity contribution in [1.29, 1.82) is 0 Å². The molecule has 6 aromatic carbocycles. The van der Waals surface area contributed by atoms with E-state index in [1.807, 2.05) is 0 Å². The minimum Gasteiger partial charge on any atom is -0.341 e. The topological polar surface area (TPSA) is 17.8 Å². The summed E-state index contributed by atoms with van der Waals surface area (Å²) in [5.74, 6) is 0.887. The van der Waals surface area contributed by atoms with Crippen molar-refractivity contribution in [2.75, 3.05) is 0 Å². The molecule has 2 heteroatoms. The van der Waals surface area contributed by atoms with Gasteiger partial charge in [0.05, 0.1) is 11.4 Å². The lowest BCUT2D eigenvalue weighted by molar-refractivity contribution is 0.544. The average Bonchev–Trinajstić information content (AvgIpc) is 3.54. The molecule has 0 saturated heterocycles. The third-order valence-corrected chi connectivity index (χ3v) is 10.7. The molecule has 0 radical (unpaired) electrons. The fraction of sp³-hybridized carbons (Fsp3) is 0.163. The number of hydrogen-bond acceptors (Lipinski definition) is 1. The number of nitrogens with zero attached hydrogens (tertiary/aromatic N) is 2. The second kappa shape index (κ2) is 14.2. The van der Waals surface area contributed by atoms with E-state index in [0.29, 0.717) is 11.8 Å². The number of hydrogen-bond donors (Lipinski definition) is 0. The molecule has 250 valence electrons. The minimum atomic E-state index is 0.410. The van der Waals surface area contributed by atoms with Gasteiger partial charge in [-0.15, -0.1) is 0 Å². The van der Waals surface area contributed by atoms with Gasteiger partial charge in [0.25, 0.3) is 0 Å². The largest absolute Gasteiger partial charge is 0.341 e. The van der Waals surface area contributed by atoms with E-state index in [1.54, 1.807) is 0 Å². The van der Waals surface area contributed by atoms with E-state index in [-0.39, 0.29) is 0 Å². The summed E-state index contributed by atoms with van der Waals surface area (Å²) in [6.07, 6.45) is 2.20. The Bertz CT molecular complexity index is 2360. The van der Waals surface area contributed by atoms with Gasteiger partial charge < -0.3 is 4.57 Å². The normalized spacial score (nSPS) is 12.7. The van der Waals surface area contributed by atoms with E-state index >= 15 is 0 Å². The Labute approximate surface area is 302 Å². The molecule has 2 nitrogen and oxygen atoms in total. The third-order valence-electron chi connectivity index (χ3n) is 10.7. The van der Waals surface area contributed by atoms with Crippen molar-refractivity contribution in [3.8, 4) is 44.8 Å². The van der Waals surface area contributed by atoms with Crippen molar-refractivity contribution < 1.29 is 0 Å². The van der Waals surface area contributed by atoms with Gasteiger partial charge in [-0.3, -0.25) is 0 Å². The van der Waals surface area contributed by atoms with Crippen LogP contribution < -0.4 is 0 Å². The molecule has 0 N–H and O–H groups in total. The first-order chi connectivity index (χ1) is 25.1. The number of aromatic nitrogens is 2. The van der Waals surface area contributed by atoms with Gasteiger partial charge in [-0.05, 0) is 89.2 Å². The molecule has 2 heterocycles. The molecule has 2 unspecified atom stereocenters. The summed E-state index contributed by atoms with van der Waals surface area (Å²) in [4.78, 5) is 5.10. The monoisotopic (exact) mass is 660 g/mol. The number of pyridine rings is 1. The second-order valence-electron chi connectivity index (χ2n) is 13.8. The molecule has 8 rings (SSSR count). The molecule has 0 amide bonds. The highest BCUT2D eigenvalue weighted by atomic mass is 15.0. The number of para-hydroxylation sites is 1. The lowest BCUT2D eigenvalue weighted by atomic mass is 9.83. The fourth-order valence-electron chi connectivity index (χ4n) is 7.95. The maximum absolute atomic E-state index is 5.10. The van der Waals surface area contributed by atoms with Crippen LogP contribution in [0.5, 0.6) is 0 Å². The summed E-state index contributed by atoms with van der Waals surface area (Å²) >= 11 is 0. The molecular weight excluding hydrogens is 617 g/mol. The molecule has 0 aliphatic carbocycles.